The van der Waals surface area contributed by atoms with Gasteiger partial charge in [0.2, 0.25) is 5.88 Å². The lowest BCUT2D eigenvalue weighted by Crippen LogP contribution is -2.17. The Hall–Kier alpha value is -2.02. The molecule has 0 aliphatic rings. The molecule has 0 spiro atoms. The minimum Gasteiger partial charge on any atom is -0.433 e. The molecule has 2 rings (SSSR count). The molecule has 1 heterocycles. The summed E-state index contributed by atoms with van der Waals surface area (Å²) in [5.74, 6) is -0.511. The minimum absolute atomic E-state index is 0.0649. The van der Waals surface area contributed by atoms with Gasteiger partial charge < -0.3 is 9.47 Å². The average molecular weight is 319 g/mol. The van der Waals surface area contributed by atoms with Crippen molar-refractivity contribution >= 4 is 11.6 Å². The van der Waals surface area contributed by atoms with E-state index in [1.807, 2.05) is 0 Å². The first-order chi connectivity index (χ1) is 9.78. The molecule has 21 heavy (non-hydrogen) atoms. The molecule has 0 N–H and O–H groups in total. The van der Waals surface area contributed by atoms with Gasteiger partial charge in [0.05, 0.1) is 0 Å². The van der Waals surface area contributed by atoms with Crippen molar-refractivity contribution in [1.29, 1.82) is 0 Å². The van der Waals surface area contributed by atoms with Gasteiger partial charge in [-0.05, 0) is 31.5 Å². The Morgan fingerprint density at radius 3 is 2.24 bits per heavy atom. The lowest BCUT2D eigenvalue weighted by Gasteiger charge is -2.14. The molecule has 0 fully saturated rings. The lowest BCUT2D eigenvalue weighted by atomic mass is 10.2. The molecule has 0 unspecified atom stereocenters. The molecule has 0 saturated heterocycles. The molecule has 0 aliphatic heterocycles. The van der Waals surface area contributed by atoms with Crippen LogP contribution in [0.4, 0.5) is 13.2 Å². The second kappa shape index (κ2) is 5.77. The molecule has 0 atom stereocenters. The van der Waals surface area contributed by atoms with E-state index in [2.05, 4.69) is 14.9 Å². The van der Waals surface area contributed by atoms with Crippen LogP contribution in [0.1, 0.15) is 11.1 Å². The van der Waals surface area contributed by atoms with Gasteiger partial charge >= 0.3 is 6.36 Å². The number of para-hydroxylation sites is 2. The number of hydrogen-bond acceptors (Lipinski definition) is 4. The van der Waals surface area contributed by atoms with Gasteiger partial charge in [0.25, 0.3) is 0 Å². The maximum Gasteiger partial charge on any atom is 0.573 e. The number of benzene rings is 1. The molecule has 1 aromatic heterocycles. The highest BCUT2D eigenvalue weighted by Gasteiger charge is 2.32. The number of alkyl halides is 3. The first kappa shape index (κ1) is 15.4. The zero-order valence-corrected chi connectivity index (χ0v) is 11.8. The van der Waals surface area contributed by atoms with Gasteiger partial charge in [-0.2, -0.15) is 0 Å². The third kappa shape index (κ3) is 3.75. The van der Waals surface area contributed by atoms with Gasteiger partial charge in [0.1, 0.15) is 0 Å². The summed E-state index contributed by atoms with van der Waals surface area (Å²) < 4.78 is 46.3. The summed E-state index contributed by atoms with van der Waals surface area (Å²) >= 11 is 5.80. The Morgan fingerprint density at radius 2 is 1.62 bits per heavy atom. The van der Waals surface area contributed by atoms with Gasteiger partial charge in [0, 0.05) is 5.56 Å². The fourth-order valence-corrected chi connectivity index (χ4v) is 1.68. The van der Waals surface area contributed by atoms with E-state index in [4.69, 9.17) is 16.3 Å². The van der Waals surface area contributed by atoms with Crippen molar-refractivity contribution in [2.24, 2.45) is 0 Å². The molecular weight excluding hydrogens is 309 g/mol. The average Bonchev–Trinajstić information content (AvgIpc) is 2.40. The van der Waals surface area contributed by atoms with E-state index in [9.17, 15) is 13.2 Å². The number of hydrogen-bond donors (Lipinski definition) is 0. The lowest BCUT2D eigenvalue weighted by molar-refractivity contribution is -0.275. The molecule has 2 aromatic rings. The van der Waals surface area contributed by atoms with Crippen molar-refractivity contribution in [1.82, 2.24) is 10.2 Å². The molecule has 4 nitrogen and oxygen atoms in total. The van der Waals surface area contributed by atoms with Crippen LogP contribution in [0.2, 0.25) is 5.15 Å². The van der Waals surface area contributed by atoms with E-state index in [-0.39, 0.29) is 16.8 Å². The van der Waals surface area contributed by atoms with E-state index in [0.29, 0.717) is 11.1 Å². The van der Waals surface area contributed by atoms with E-state index in [1.165, 1.54) is 18.2 Å². The smallest absolute Gasteiger partial charge is 0.433 e. The fourth-order valence-electron chi connectivity index (χ4n) is 1.50. The summed E-state index contributed by atoms with van der Waals surface area (Å²) in [5.41, 5.74) is 1.22. The number of halogens is 4. The van der Waals surface area contributed by atoms with Gasteiger partial charge in [-0.3, -0.25) is 0 Å². The predicted molar refractivity (Wildman–Crippen MR) is 69.7 cm³/mol. The Kier molecular flexibility index (Phi) is 4.22. The number of aromatic nitrogens is 2. The molecule has 0 bridgehead atoms. The van der Waals surface area contributed by atoms with Gasteiger partial charge in [0.15, 0.2) is 16.7 Å². The van der Waals surface area contributed by atoms with Crippen LogP contribution < -0.4 is 9.47 Å². The van der Waals surface area contributed by atoms with E-state index < -0.39 is 12.1 Å². The summed E-state index contributed by atoms with van der Waals surface area (Å²) in [7, 11) is 0. The van der Waals surface area contributed by atoms with Crippen molar-refractivity contribution in [3.05, 3.63) is 40.5 Å². The number of nitrogens with zero attached hydrogens (tertiary/aromatic N) is 2. The second-order valence-electron chi connectivity index (χ2n) is 4.14. The predicted octanol–water partition coefficient (Wildman–Crippen LogP) is 4.44. The van der Waals surface area contributed by atoms with Crippen molar-refractivity contribution in [2.75, 3.05) is 0 Å². The summed E-state index contributed by atoms with van der Waals surface area (Å²) in [5, 5.41) is 7.61. The van der Waals surface area contributed by atoms with Crippen LogP contribution in [0.15, 0.2) is 24.3 Å². The third-order valence-corrected chi connectivity index (χ3v) is 3.06. The van der Waals surface area contributed by atoms with Gasteiger partial charge in [-0.1, -0.05) is 23.7 Å². The van der Waals surface area contributed by atoms with Crippen molar-refractivity contribution in [3.8, 4) is 17.4 Å². The Labute approximate surface area is 123 Å². The monoisotopic (exact) mass is 318 g/mol. The number of rotatable bonds is 3. The number of ether oxygens (including phenoxy) is 2. The maximum absolute atomic E-state index is 12.3. The van der Waals surface area contributed by atoms with E-state index >= 15 is 0 Å². The van der Waals surface area contributed by atoms with Crippen molar-refractivity contribution in [3.63, 3.8) is 0 Å². The molecule has 0 saturated carbocycles. The molecule has 8 heteroatoms. The van der Waals surface area contributed by atoms with E-state index in [1.54, 1.807) is 13.8 Å². The molecular formula is C13H10ClF3N2O2. The van der Waals surface area contributed by atoms with Crippen LogP contribution in [-0.2, 0) is 0 Å². The first-order valence-corrected chi connectivity index (χ1v) is 6.17. The maximum atomic E-state index is 12.3. The normalized spacial score (nSPS) is 11.3. The van der Waals surface area contributed by atoms with Crippen LogP contribution in [-0.4, -0.2) is 16.6 Å². The largest absolute Gasteiger partial charge is 0.573 e. The Morgan fingerprint density at radius 1 is 1.00 bits per heavy atom. The highest BCUT2D eigenvalue weighted by molar-refractivity contribution is 6.30. The van der Waals surface area contributed by atoms with Crippen LogP contribution in [0, 0.1) is 13.8 Å². The first-order valence-electron chi connectivity index (χ1n) is 5.80. The quantitative estimate of drug-likeness (QED) is 0.839. The molecule has 112 valence electrons. The van der Waals surface area contributed by atoms with Crippen LogP contribution in [0.3, 0.4) is 0 Å². The van der Waals surface area contributed by atoms with Crippen LogP contribution in [0.5, 0.6) is 17.4 Å². The summed E-state index contributed by atoms with van der Waals surface area (Å²) in [6, 6.07) is 5.41. The van der Waals surface area contributed by atoms with Crippen LogP contribution >= 0.6 is 11.6 Å². The Balaban J connectivity index is 2.34. The fraction of sp³-hybridized carbons (Fsp3) is 0.231. The third-order valence-electron chi connectivity index (χ3n) is 2.70. The molecule has 0 amide bonds. The SMILES string of the molecule is Cc1c(Cl)nnc(Oc2ccccc2OC(F)(F)F)c1C. The highest BCUT2D eigenvalue weighted by atomic mass is 35.5. The molecule has 1 aromatic carbocycles. The highest BCUT2D eigenvalue weighted by Crippen LogP contribution is 2.35. The Bertz CT molecular complexity index is 662. The standard InChI is InChI=1S/C13H10ClF3N2O2/c1-7-8(2)12(19-18-11(7)14)20-9-5-3-4-6-10(9)21-13(15,16)17/h3-6H,1-2H3. The summed E-state index contributed by atoms with van der Waals surface area (Å²) in [6.45, 7) is 3.38. The minimum atomic E-state index is -4.81. The zero-order valence-electron chi connectivity index (χ0n) is 11.0. The van der Waals surface area contributed by atoms with E-state index in [0.717, 1.165) is 6.07 Å². The molecule has 0 radical (unpaired) electrons. The van der Waals surface area contributed by atoms with Gasteiger partial charge in [-0.25, -0.2) is 0 Å². The van der Waals surface area contributed by atoms with Crippen molar-refractivity contribution < 1.29 is 22.6 Å². The zero-order chi connectivity index (χ0) is 15.6. The topological polar surface area (TPSA) is 44.2 Å². The summed E-state index contributed by atoms with van der Waals surface area (Å²) in [6.07, 6.45) is -4.81. The van der Waals surface area contributed by atoms with Crippen LogP contribution in [0.25, 0.3) is 0 Å². The second-order valence-corrected chi connectivity index (χ2v) is 4.50. The van der Waals surface area contributed by atoms with Gasteiger partial charge in [-0.15, -0.1) is 23.4 Å². The molecule has 0 aliphatic carbocycles. The summed E-state index contributed by atoms with van der Waals surface area (Å²) in [4.78, 5) is 0. The van der Waals surface area contributed by atoms with Crippen molar-refractivity contribution in [2.45, 2.75) is 20.2 Å².